The molecule has 1 heterocycles. The predicted molar refractivity (Wildman–Crippen MR) is 85.3 cm³/mol. The molecule has 0 spiro atoms. The Labute approximate surface area is 136 Å². The Morgan fingerprint density at radius 3 is 2.13 bits per heavy atom. The van der Waals surface area contributed by atoms with Crippen LogP contribution in [-0.4, -0.2) is 64.6 Å². The summed E-state index contributed by atoms with van der Waals surface area (Å²) in [6.45, 7) is 1.98. The van der Waals surface area contributed by atoms with Crippen LogP contribution in [-0.2, 0) is 9.84 Å². The van der Waals surface area contributed by atoms with Gasteiger partial charge in [-0.3, -0.25) is 4.79 Å². The van der Waals surface area contributed by atoms with Crippen LogP contribution in [0.25, 0.3) is 0 Å². The molecule has 0 bridgehead atoms. The molecular weight excluding hydrogens is 322 g/mol. The summed E-state index contributed by atoms with van der Waals surface area (Å²) in [7, 11) is 1.32. The van der Waals surface area contributed by atoms with E-state index in [4.69, 9.17) is 14.2 Å². The largest absolute Gasteiger partial charge is 0.493 e. The van der Waals surface area contributed by atoms with Gasteiger partial charge in [0.1, 0.15) is 0 Å². The molecule has 1 aromatic rings. The van der Waals surface area contributed by atoms with Gasteiger partial charge in [0.15, 0.2) is 21.3 Å². The number of carbonyl (C=O) groups excluding carboxylic acids is 1. The van der Waals surface area contributed by atoms with Gasteiger partial charge in [-0.2, -0.15) is 0 Å². The number of rotatable bonds is 4. The van der Waals surface area contributed by atoms with E-state index < -0.39 is 15.1 Å². The zero-order valence-corrected chi connectivity index (χ0v) is 14.5. The van der Waals surface area contributed by atoms with E-state index in [9.17, 15) is 13.2 Å². The van der Waals surface area contributed by atoms with E-state index in [1.807, 2.05) is 0 Å². The lowest BCUT2D eigenvalue weighted by molar-refractivity contribution is 0.0759. The summed E-state index contributed by atoms with van der Waals surface area (Å²) in [5.41, 5.74) is 0.367. The second-order valence-corrected chi connectivity index (χ2v) is 7.88. The van der Waals surface area contributed by atoms with Gasteiger partial charge in [0.2, 0.25) is 5.75 Å². The second kappa shape index (κ2) is 6.66. The van der Waals surface area contributed by atoms with Gasteiger partial charge in [0.25, 0.3) is 5.91 Å². The number of nitrogens with zero attached hydrogens (tertiary/aromatic N) is 1. The maximum Gasteiger partial charge on any atom is 0.254 e. The number of amides is 1. The van der Waals surface area contributed by atoms with Crippen molar-refractivity contribution in [2.45, 2.75) is 12.2 Å². The minimum absolute atomic E-state index is 0.0235. The Morgan fingerprint density at radius 1 is 1.13 bits per heavy atom. The van der Waals surface area contributed by atoms with Crippen molar-refractivity contribution in [3.8, 4) is 17.2 Å². The van der Waals surface area contributed by atoms with E-state index >= 15 is 0 Å². The van der Waals surface area contributed by atoms with Crippen molar-refractivity contribution in [2.24, 2.45) is 0 Å². The average molecular weight is 343 g/mol. The van der Waals surface area contributed by atoms with E-state index in [1.165, 1.54) is 26.2 Å². The zero-order chi connectivity index (χ0) is 17.2. The molecule has 0 N–H and O–H groups in total. The monoisotopic (exact) mass is 343 g/mol. The number of ether oxygens (including phenoxy) is 3. The average Bonchev–Trinajstić information content (AvgIpc) is 2.55. The topological polar surface area (TPSA) is 82.1 Å². The fourth-order valence-corrected chi connectivity index (χ4v) is 3.81. The fourth-order valence-electron chi connectivity index (χ4n) is 2.53. The number of sulfone groups is 1. The van der Waals surface area contributed by atoms with E-state index in [2.05, 4.69) is 0 Å². The van der Waals surface area contributed by atoms with Crippen LogP contribution < -0.4 is 14.2 Å². The molecule has 23 heavy (non-hydrogen) atoms. The molecule has 128 valence electrons. The van der Waals surface area contributed by atoms with Crippen LogP contribution in [0.2, 0.25) is 0 Å². The summed E-state index contributed by atoms with van der Waals surface area (Å²) < 4.78 is 39.3. The number of carbonyl (C=O) groups is 1. The van der Waals surface area contributed by atoms with Crippen molar-refractivity contribution in [1.29, 1.82) is 0 Å². The first kappa shape index (κ1) is 17.4. The highest BCUT2D eigenvalue weighted by atomic mass is 32.2. The van der Waals surface area contributed by atoms with Crippen LogP contribution in [0.5, 0.6) is 17.2 Å². The van der Waals surface area contributed by atoms with Gasteiger partial charge in [-0.25, -0.2) is 8.42 Å². The fraction of sp³-hybridized carbons (Fsp3) is 0.533. The van der Waals surface area contributed by atoms with Gasteiger partial charge >= 0.3 is 0 Å². The lowest BCUT2D eigenvalue weighted by Crippen LogP contribution is -2.48. The highest BCUT2D eigenvalue weighted by Gasteiger charge is 2.32. The molecule has 1 atom stereocenters. The van der Waals surface area contributed by atoms with Crippen molar-refractivity contribution >= 4 is 15.7 Å². The van der Waals surface area contributed by atoms with E-state index in [1.54, 1.807) is 19.1 Å². The molecule has 2 rings (SSSR count). The predicted octanol–water partition coefficient (Wildman–Crippen LogP) is 0.972. The molecule has 7 nitrogen and oxygen atoms in total. The number of methoxy groups -OCH3 is 3. The molecule has 1 unspecified atom stereocenters. The van der Waals surface area contributed by atoms with Crippen LogP contribution in [0.1, 0.15) is 17.3 Å². The van der Waals surface area contributed by atoms with Crippen LogP contribution in [0.4, 0.5) is 0 Å². The summed E-state index contributed by atoms with van der Waals surface area (Å²) in [6, 6.07) is 3.13. The number of hydrogen-bond donors (Lipinski definition) is 0. The van der Waals surface area contributed by atoms with Gasteiger partial charge in [-0.05, 0) is 19.1 Å². The Bertz CT molecular complexity index is 675. The van der Waals surface area contributed by atoms with Crippen molar-refractivity contribution in [1.82, 2.24) is 4.90 Å². The molecule has 8 heteroatoms. The first-order valence-electron chi connectivity index (χ1n) is 7.15. The highest BCUT2D eigenvalue weighted by Crippen LogP contribution is 2.38. The van der Waals surface area contributed by atoms with Crippen LogP contribution >= 0.6 is 0 Å². The Balaban J connectivity index is 2.33. The lowest BCUT2D eigenvalue weighted by atomic mass is 10.1. The third kappa shape index (κ3) is 3.36. The van der Waals surface area contributed by atoms with Crippen LogP contribution in [0.3, 0.4) is 0 Å². The minimum atomic E-state index is -3.11. The van der Waals surface area contributed by atoms with E-state index in [0.29, 0.717) is 22.8 Å². The van der Waals surface area contributed by atoms with Gasteiger partial charge in [-0.1, -0.05) is 0 Å². The molecule has 1 aliphatic heterocycles. The second-order valence-electron chi connectivity index (χ2n) is 5.34. The molecule has 0 saturated carbocycles. The first-order chi connectivity index (χ1) is 10.8. The molecule has 1 aromatic carbocycles. The summed E-state index contributed by atoms with van der Waals surface area (Å²) in [5, 5.41) is -0.567. The third-order valence-corrected chi connectivity index (χ3v) is 6.06. The number of hydrogen-bond acceptors (Lipinski definition) is 6. The van der Waals surface area contributed by atoms with Crippen molar-refractivity contribution in [3.05, 3.63) is 17.7 Å². The molecule has 1 fully saturated rings. The lowest BCUT2D eigenvalue weighted by Gasteiger charge is -2.31. The summed E-state index contributed by atoms with van der Waals surface area (Å²) in [6.07, 6.45) is 0. The van der Waals surface area contributed by atoms with Gasteiger partial charge in [0, 0.05) is 18.7 Å². The Morgan fingerprint density at radius 2 is 1.70 bits per heavy atom. The van der Waals surface area contributed by atoms with Gasteiger partial charge < -0.3 is 19.1 Å². The van der Waals surface area contributed by atoms with Gasteiger partial charge in [0.05, 0.1) is 32.3 Å². The quantitative estimate of drug-likeness (QED) is 0.810. The normalized spacial score (nSPS) is 20.0. The Hall–Kier alpha value is -1.96. The van der Waals surface area contributed by atoms with Crippen molar-refractivity contribution < 1.29 is 27.4 Å². The summed E-state index contributed by atoms with van der Waals surface area (Å²) in [4.78, 5) is 14.2. The van der Waals surface area contributed by atoms with Crippen LogP contribution in [0.15, 0.2) is 12.1 Å². The molecule has 1 aliphatic rings. The summed E-state index contributed by atoms with van der Waals surface area (Å²) >= 11 is 0. The molecular formula is C15H21NO6S. The molecule has 1 saturated heterocycles. The standard InChI is InChI=1S/C15H21NO6S/c1-10-9-16(5-6-23(10,18)19)15(17)11-7-12(20-2)14(22-4)13(8-11)21-3/h7-8,10H,5-6,9H2,1-4H3. The minimum Gasteiger partial charge on any atom is -0.493 e. The highest BCUT2D eigenvalue weighted by molar-refractivity contribution is 7.92. The van der Waals surface area contributed by atoms with Crippen LogP contribution in [0, 0.1) is 0 Å². The third-order valence-electron chi connectivity index (χ3n) is 3.94. The maximum atomic E-state index is 12.7. The van der Waals surface area contributed by atoms with E-state index in [0.717, 1.165) is 0 Å². The SMILES string of the molecule is COc1cc(C(=O)N2CCS(=O)(=O)C(C)C2)cc(OC)c1OC. The Kier molecular flexibility index (Phi) is 5.03. The maximum absolute atomic E-state index is 12.7. The summed E-state index contributed by atoms with van der Waals surface area (Å²) in [5.74, 6) is 0.887. The van der Waals surface area contributed by atoms with Gasteiger partial charge in [-0.15, -0.1) is 0 Å². The first-order valence-corrected chi connectivity index (χ1v) is 8.86. The smallest absolute Gasteiger partial charge is 0.254 e. The number of benzene rings is 1. The zero-order valence-electron chi connectivity index (χ0n) is 13.7. The van der Waals surface area contributed by atoms with Crippen molar-refractivity contribution in [2.75, 3.05) is 40.2 Å². The molecule has 0 aliphatic carbocycles. The molecule has 0 aromatic heterocycles. The molecule has 0 radical (unpaired) electrons. The van der Waals surface area contributed by atoms with Crippen molar-refractivity contribution in [3.63, 3.8) is 0 Å². The molecule has 1 amide bonds. The van der Waals surface area contributed by atoms with E-state index in [-0.39, 0.29) is 24.7 Å².